The standard InChI is InChI=1S/C31H29FN4O5/c1-35-14-12-33-29(35)31(38)36-13-10-19-16-21-5-7-23(19)28(36)20-4-9-26(39-2)27(17-20)40-15-3-11-34-30(37)24-18-22(41-21)6-8-25(24)32/h4-9,12,14,16-18,28H,3,10-11,13,15H2,1-2H3,(H,34,37). The van der Waals surface area contributed by atoms with Gasteiger partial charge in [-0.1, -0.05) is 12.1 Å². The Morgan fingerprint density at radius 1 is 1.12 bits per heavy atom. The molecule has 3 aliphatic rings. The molecule has 0 spiro atoms. The minimum atomic E-state index is -0.632. The Balaban J connectivity index is 1.46. The summed E-state index contributed by atoms with van der Waals surface area (Å²) < 4.78 is 33.9. The molecule has 9 nitrogen and oxygen atoms in total. The predicted octanol–water partition coefficient (Wildman–Crippen LogP) is 4.66. The number of methoxy groups -OCH3 is 1. The number of halogens is 1. The van der Waals surface area contributed by atoms with Crippen molar-refractivity contribution in [1.82, 2.24) is 19.8 Å². The second-order valence-electron chi connectivity index (χ2n) is 9.99. The molecular weight excluding hydrogens is 527 g/mol. The third-order valence-electron chi connectivity index (χ3n) is 7.40. The van der Waals surface area contributed by atoms with Crippen LogP contribution in [-0.2, 0) is 13.5 Å². The largest absolute Gasteiger partial charge is 0.493 e. The van der Waals surface area contributed by atoms with E-state index >= 15 is 0 Å². The Kier molecular flexibility index (Phi) is 7.05. The number of aromatic nitrogens is 2. The summed E-state index contributed by atoms with van der Waals surface area (Å²) in [4.78, 5) is 32.6. The fourth-order valence-electron chi connectivity index (χ4n) is 5.35. The number of hydrogen-bond donors (Lipinski definition) is 1. The van der Waals surface area contributed by atoms with E-state index in [1.165, 1.54) is 18.2 Å². The monoisotopic (exact) mass is 556 g/mol. The van der Waals surface area contributed by atoms with E-state index in [2.05, 4.69) is 10.3 Å². The molecule has 3 aliphatic heterocycles. The van der Waals surface area contributed by atoms with Crippen LogP contribution >= 0.6 is 0 Å². The van der Waals surface area contributed by atoms with E-state index in [0.29, 0.717) is 48.2 Å². The zero-order chi connectivity index (χ0) is 28.5. The van der Waals surface area contributed by atoms with Crippen molar-refractivity contribution >= 4 is 11.8 Å². The van der Waals surface area contributed by atoms with Crippen molar-refractivity contribution in [2.45, 2.75) is 18.9 Å². The van der Waals surface area contributed by atoms with Crippen LogP contribution in [0.2, 0.25) is 0 Å². The van der Waals surface area contributed by atoms with Crippen LogP contribution in [0.15, 0.2) is 67.0 Å². The van der Waals surface area contributed by atoms with Crippen molar-refractivity contribution in [2.24, 2.45) is 7.05 Å². The molecule has 10 heteroatoms. The number of hydrogen-bond acceptors (Lipinski definition) is 6. The molecule has 4 heterocycles. The summed E-state index contributed by atoms with van der Waals surface area (Å²) in [5.74, 6) is 0.979. The van der Waals surface area contributed by atoms with Gasteiger partial charge < -0.3 is 29.0 Å². The Labute approximate surface area is 236 Å². The molecule has 1 aromatic heterocycles. The van der Waals surface area contributed by atoms with Crippen molar-refractivity contribution in [3.05, 3.63) is 101 Å². The topological polar surface area (TPSA) is 94.9 Å². The first kappa shape index (κ1) is 26.4. The first-order valence-corrected chi connectivity index (χ1v) is 13.4. The number of nitrogens with one attached hydrogen (secondary N) is 1. The van der Waals surface area contributed by atoms with Gasteiger partial charge in [0.1, 0.15) is 17.3 Å². The molecule has 0 saturated heterocycles. The van der Waals surface area contributed by atoms with Gasteiger partial charge in [0, 0.05) is 32.5 Å². The van der Waals surface area contributed by atoms with Crippen molar-refractivity contribution in [3.8, 4) is 23.0 Å². The average molecular weight is 557 g/mol. The average Bonchev–Trinajstić information content (AvgIpc) is 3.42. The fourth-order valence-corrected chi connectivity index (χ4v) is 5.35. The summed E-state index contributed by atoms with van der Waals surface area (Å²) >= 11 is 0. The van der Waals surface area contributed by atoms with E-state index in [4.69, 9.17) is 14.2 Å². The number of benzene rings is 3. The van der Waals surface area contributed by atoms with Gasteiger partial charge in [0.2, 0.25) is 0 Å². The lowest BCUT2D eigenvalue weighted by atomic mass is 9.87. The highest BCUT2D eigenvalue weighted by molar-refractivity contribution is 5.95. The first-order chi connectivity index (χ1) is 19.9. The Morgan fingerprint density at radius 2 is 1.95 bits per heavy atom. The van der Waals surface area contributed by atoms with Crippen LogP contribution < -0.4 is 19.5 Å². The maximum atomic E-state index is 14.5. The lowest BCUT2D eigenvalue weighted by Gasteiger charge is -2.38. The highest BCUT2D eigenvalue weighted by atomic mass is 19.1. The zero-order valence-electron chi connectivity index (χ0n) is 22.7. The molecule has 4 aromatic rings. The molecule has 1 unspecified atom stereocenters. The molecule has 3 aromatic carbocycles. The van der Waals surface area contributed by atoms with Gasteiger partial charge in [0.15, 0.2) is 17.3 Å². The number of imidazole rings is 1. The van der Waals surface area contributed by atoms with Gasteiger partial charge in [0.05, 0.1) is 25.3 Å². The molecule has 0 fully saturated rings. The summed E-state index contributed by atoms with van der Waals surface area (Å²) in [5, 5.41) is 2.74. The first-order valence-electron chi connectivity index (χ1n) is 13.4. The predicted molar refractivity (Wildman–Crippen MR) is 148 cm³/mol. The van der Waals surface area contributed by atoms with Crippen LogP contribution in [0.1, 0.15) is 50.1 Å². The Bertz CT molecular complexity index is 1630. The number of ether oxygens (including phenoxy) is 3. The highest BCUT2D eigenvalue weighted by Gasteiger charge is 2.35. The van der Waals surface area contributed by atoms with Crippen LogP contribution in [0.3, 0.4) is 0 Å². The van der Waals surface area contributed by atoms with Crippen molar-refractivity contribution in [1.29, 1.82) is 0 Å². The summed E-state index contributed by atoms with van der Waals surface area (Å²) in [6.07, 6.45) is 4.44. The normalized spacial score (nSPS) is 16.6. The minimum absolute atomic E-state index is 0.0969. The SMILES string of the molecule is COc1ccc2cc1OCCCNC(=O)c1cc(ccc1F)Oc1ccc3c(c1)CCN(C(=O)c1nccn1C)C23. The molecule has 1 N–H and O–H groups in total. The quantitative estimate of drug-likeness (QED) is 0.386. The Morgan fingerprint density at radius 3 is 2.76 bits per heavy atom. The lowest BCUT2D eigenvalue weighted by Crippen LogP contribution is -2.41. The molecule has 210 valence electrons. The summed E-state index contributed by atoms with van der Waals surface area (Å²) in [6.45, 7) is 1.02. The third kappa shape index (κ3) is 5.08. The number of carbonyl (C=O) groups excluding carboxylic acids is 2. The van der Waals surface area contributed by atoms with E-state index in [9.17, 15) is 14.0 Å². The van der Waals surface area contributed by atoms with E-state index in [1.54, 1.807) is 31.1 Å². The maximum absolute atomic E-state index is 14.5. The number of fused-ring (bicyclic) bond motifs is 6. The number of nitrogens with zero attached hydrogens (tertiary/aromatic N) is 3. The van der Waals surface area contributed by atoms with Crippen molar-refractivity contribution < 1.29 is 28.2 Å². The smallest absolute Gasteiger partial charge is 0.290 e. The molecule has 0 saturated carbocycles. The molecule has 8 bridgehead atoms. The summed E-state index contributed by atoms with van der Waals surface area (Å²) in [6, 6.07) is 15.0. The molecule has 0 radical (unpaired) electrons. The van der Waals surface area contributed by atoms with Crippen LogP contribution in [-0.4, -0.2) is 53.1 Å². The minimum Gasteiger partial charge on any atom is -0.493 e. The van der Waals surface area contributed by atoms with Gasteiger partial charge >= 0.3 is 0 Å². The second kappa shape index (κ2) is 11.0. The van der Waals surface area contributed by atoms with Gasteiger partial charge in [-0.05, 0) is 72.0 Å². The maximum Gasteiger partial charge on any atom is 0.290 e. The van der Waals surface area contributed by atoms with Gasteiger partial charge in [0.25, 0.3) is 11.8 Å². The molecule has 41 heavy (non-hydrogen) atoms. The second-order valence-corrected chi connectivity index (χ2v) is 9.99. The molecule has 1 atom stereocenters. The highest BCUT2D eigenvalue weighted by Crippen LogP contribution is 2.41. The number of amides is 2. The van der Waals surface area contributed by atoms with Crippen LogP contribution in [0, 0.1) is 5.82 Å². The zero-order valence-corrected chi connectivity index (χ0v) is 22.7. The molecule has 7 rings (SSSR count). The van der Waals surface area contributed by atoms with Gasteiger partial charge in [-0.3, -0.25) is 9.59 Å². The molecule has 2 amide bonds. The van der Waals surface area contributed by atoms with Gasteiger partial charge in [-0.2, -0.15) is 0 Å². The molecular formula is C31H29FN4O5. The fraction of sp³-hybridized carbons (Fsp3) is 0.258. The number of rotatable bonds is 2. The van der Waals surface area contributed by atoms with Crippen molar-refractivity contribution in [2.75, 3.05) is 26.8 Å². The van der Waals surface area contributed by atoms with Gasteiger partial charge in [-0.25, -0.2) is 9.37 Å². The number of aryl methyl sites for hydroxylation is 1. The number of carbonyl (C=O) groups is 2. The summed E-state index contributed by atoms with van der Waals surface area (Å²) in [7, 11) is 3.37. The van der Waals surface area contributed by atoms with Crippen LogP contribution in [0.5, 0.6) is 23.0 Å². The Hall–Kier alpha value is -4.86. The lowest BCUT2D eigenvalue weighted by molar-refractivity contribution is 0.0677. The van der Waals surface area contributed by atoms with Crippen LogP contribution in [0.4, 0.5) is 4.39 Å². The van der Waals surface area contributed by atoms with E-state index in [0.717, 1.165) is 16.7 Å². The third-order valence-corrected chi connectivity index (χ3v) is 7.40. The van der Waals surface area contributed by atoms with E-state index in [1.807, 2.05) is 41.3 Å². The van der Waals surface area contributed by atoms with Crippen molar-refractivity contribution in [3.63, 3.8) is 0 Å². The van der Waals surface area contributed by atoms with Gasteiger partial charge in [-0.15, -0.1) is 0 Å². The van der Waals surface area contributed by atoms with E-state index in [-0.39, 0.29) is 24.6 Å². The van der Waals surface area contributed by atoms with E-state index < -0.39 is 17.8 Å². The summed E-state index contributed by atoms with van der Waals surface area (Å²) in [5.41, 5.74) is 2.72. The van der Waals surface area contributed by atoms with Crippen LogP contribution in [0.25, 0.3) is 0 Å². The molecule has 0 aliphatic carbocycles.